The molecule has 1 aromatic heterocycles. The highest BCUT2D eigenvalue weighted by Crippen LogP contribution is 2.33. The number of aliphatic hydroxyl groups excluding tert-OH is 1. The Balaban J connectivity index is 2.20. The van der Waals surface area contributed by atoms with Crippen molar-refractivity contribution in [2.24, 2.45) is 11.7 Å². The Morgan fingerprint density at radius 2 is 2.32 bits per heavy atom. The van der Waals surface area contributed by atoms with Crippen LogP contribution in [0.4, 0.5) is 4.39 Å². The number of halogens is 1. The molecule has 1 aromatic carbocycles. The van der Waals surface area contributed by atoms with Crippen LogP contribution in [-0.4, -0.2) is 47.1 Å². The van der Waals surface area contributed by atoms with E-state index in [2.05, 4.69) is 4.98 Å². The monoisotopic (exact) mass is 303 g/mol. The zero-order valence-electron chi connectivity index (χ0n) is 12.2. The van der Waals surface area contributed by atoms with Crippen molar-refractivity contribution in [1.82, 2.24) is 9.88 Å². The number of nitrogens with two attached hydrogens (primary N) is 1. The molecule has 0 spiro atoms. The zero-order valence-corrected chi connectivity index (χ0v) is 12.2. The highest BCUT2D eigenvalue weighted by Gasteiger charge is 2.31. The van der Waals surface area contributed by atoms with Crippen LogP contribution in [0, 0.1) is 11.7 Å². The summed E-state index contributed by atoms with van der Waals surface area (Å²) in [5.41, 5.74) is 7.57. The Morgan fingerprint density at radius 1 is 1.55 bits per heavy atom. The van der Waals surface area contributed by atoms with Gasteiger partial charge < -0.3 is 15.8 Å². The van der Waals surface area contributed by atoms with Gasteiger partial charge in [-0.15, -0.1) is 0 Å². The quantitative estimate of drug-likeness (QED) is 0.794. The molecule has 1 aliphatic heterocycles. The third kappa shape index (κ3) is 2.40. The molecule has 5 nitrogen and oxygen atoms in total. The first-order chi connectivity index (χ1) is 10.5. The third-order valence-electron chi connectivity index (χ3n) is 4.23. The number of rotatable bonds is 3. The molecule has 116 valence electrons. The molecular formula is C16H18FN3O2. The molecule has 0 saturated heterocycles. The van der Waals surface area contributed by atoms with Gasteiger partial charge in [-0.25, -0.2) is 4.39 Å². The standard InChI is InChI=1S/C16H18FN3O2/c1-20-7-10(16(18)22)5-12(14(20)8-21)13-6-11(17)4-9-2-3-19-15(9)13/h2-6,10,14,19,21H,7-8H2,1H3,(H2,18,22). The van der Waals surface area contributed by atoms with E-state index in [4.69, 9.17) is 5.73 Å². The van der Waals surface area contributed by atoms with Crippen LogP contribution < -0.4 is 5.73 Å². The summed E-state index contributed by atoms with van der Waals surface area (Å²) in [5, 5.41) is 10.5. The lowest BCUT2D eigenvalue weighted by atomic mass is 9.88. The van der Waals surface area contributed by atoms with Crippen molar-refractivity contribution in [1.29, 1.82) is 0 Å². The Bertz CT molecular complexity index is 753. The second-order valence-corrected chi connectivity index (χ2v) is 5.66. The molecule has 6 heteroatoms. The van der Waals surface area contributed by atoms with Gasteiger partial charge in [-0.05, 0) is 30.8 Å². The number of hydrogen-bond acceptors (Lipinski definition) is 3. The van der Waals surface area contributed by atoms with Crippen LogP contribution in [0.1, 0.15) is 5.56 Å². The molecule has 2 heterocycles. The van der Waals surface area contributed by atoms with Gasteiger partial charge in [-0.2, -0.15) is 0 Å². The highest BCUT2D eigenvalue weighted by atomic mass is 19.1. The van der Waals surface area contributed by atoms with Crippen LogP contribution in [-0.2, 0) is 4.79 Å². The number of primary amides is 1. The summed E-state index contributed by atoms with van der Waals surface area (Å²) in [7, 11) is 1.81. The molecule has 4 N–H and O–H groups in total. The second kappa shape index (κ2) is 5.55. The van der Waals surface area contributed by atoms with Crippen LogP contribution in [0.3, 0.4) is 0 Å². The van der Waals surface area contributed by atoms with Crippen molar-refractivity contribution in [2.75, 3.05) is 20.2 Å². The lowest BCUT2D eigenvalue weighted by Gasteiger charge is -2.35. The van der Waals surface area contributed by atoms with Crippen molar-refractivity contribution < 1.29 is 14.3 Å². The molecule has 0 saturated carbocycles. The van der Waals surface area contributed by atoms with Crippen LogP contribution in [0.5, 0.6) is 0 Å². The molecule has 0 aliphatic carbocycles. The smallest absolute Gasteiger partial charge is 0.225 e. The number of aromatic amines is 1. The lowest BCUT2D eigenvalue weighted by molar-refractivity contribution is -0.121. The largest absolute Gasteiger partial charge is 0.394 e. The molecule has 22 heavy (non-hydrogen) atoms. The van der Waals surface area contributed by atoms with E-state index in [9.17, 15) is 14.3 Å². The molecule has 2 aromatic rings. The summed E-state index contributed by atoms with van der Waals surface area (Å²) in [4.78, 5) is 16.5. The molecule has 2 unspecified atom stereocenters. The number of likely N-dealkylation sites (N-methyl/N-ethyl adjacent to an activating group) is 1. The van der Waals surface area contributed by atoms with Crippen LogP contribution in [0.15, 0.2) is 30.5 Å². The topological polar surface area (TPSA) is 82.3 Å². The molecule has 3 rings (SSSR count). The van der Waals surface area contributed by atoms with E-state index in [1.807, 2.05) is 11.9 Å². The Hall–Kier alpha value is -2.18. The number of H-pyrrole nitrogens is 1. The number of aromatic nitrogens is 1. The van der Waals surface area contributed by atoms with Gasteiger partial charge in [-0.3, -0.25) is 9.69 Å². The summed E-state index contributed by atoms with van der Waals surface area (Å²) in [5.74, 6) is -1.25. The average Bonchev–Trinajstić information content (AvgIpc) is 2.93. The summed E-state index contributed by atoms with van der Waals surface area (Å²) in [6.45, 7) is 0.319. The minimum Gasteiger partial charge on any atom is -0.394 e. The number of aliphatic hydroxyl groups is 1. The Labute approximate surface area is 127 Å². The Kier molecular flexibility index (Phi) is 3.72. The van der Waals surface area contributed by atoms with Crippen molar-refractivity contribution in [3.05, 3.63) is 41.9 Å². The second-order valence-electron chi connectivity index (χ2n) is 5.66. The molecule has 1 aliphatic rings. The van der Waals surface area contributed by atoms with E-state index in [0.29, 0.717) is 17.7 Å². The van der Waals surface area contributed by atoms with E-state index < -0.39 is 11.8 Å². The highest BCUT2D eigenvalue weighted by molar-refractivity contribution is 5.94. The van der Waals surface area contributed by atoms with E-state index in [1.165, 1.54) is 12.1 Å². The van der Waals surface area contributed by atoms with Gasteiger partial charge in [0, 0.05) is 23.7 Å². The summed E-state index contributed by atoms with van der Waals surface area (Å²) in [6.07, 6.45) is 3.48. The van der Waals surface area contributed by atoms with E-state index in [0.717, 1.165) is 10.9 Å². The lowest BCUT2D eigenvalue weighted by Crippen LogP contribution is -2.45. The van der Waals surface area contributed by atoms with Crippen LogP contribution >= 0.6 is 0 Å². The van der Waals surface area contributed by atoms with Crippen LogP contribution in [0.25, 0.3) is 16.5 Å². The summed E-state index contributed by atoms with van der Waals surface area (Å²) >= 11 is 0. The van der Waals surface area contributed by atoms with Gasteiger partial charge in [0.2, 0.25) is 5.91 Å². The van der Waals surface area contributed by atoms with Crippen molar-refractivity contribution in [2.45, 2.75) is 6.04 Å². The number of benzene rings is 1. The number of carbonyl (C=O) groups excluding carboxylic acids is 1. The van der Waals surface area contributed by atoms with Crippen LogP contribution in [0.2, 0.25) is 0 Å². The number of nitrogens with one attached hydrogen (secondary N) is 1. The van der Waals surface area contributed by atoms with Gasteiger partial charge in [0.05, 0.1) is 24.1 Å². The molecular weight excluding hydrogens is 285 g/mol. The fraction of sp³-hybridized carbons (Fsp3) is 0.312. The summed E-state index contributed by atoms with van der Waals surface area (Å²) in [6, 6.07) is 4.35. The van der Waals surface area contributed by atoms with E-state index in [1.54, 1.807) is 18.3 Å². The molecule has 0 radical (unpaired) electrons. The number of fused-ring (bicyclic) bond motifs is 1. The van der Waals surface area contributed by atoms with Gasteiger partial charge in [0.1, 0.15) is 5.82 Å². The number of hydrogen-bond donors (Lipinski definition) is 3. The molecule has 0 bridgehead atoms. The first kappa shape index (κ1) is 14.7. The maximum atomic E-state index is 13.9. The maximum Gasteiger partial charge on any atom is 0.225 e. The third-order valence-corrected chi connectivity index (χ3v) is 4.23. The van der Waals surface area contributed by atoms with Gasteiger partial charge in [-0.1, -0.05) is 6.08 Å². The number of amides is 1. The molecule has 2 atom stereocenters. The minimum atomic E-state index is -0.462. The van der Waals surface area contributed by atoms with Crippen molar-refractivity contribution >= 4 is 22.4 Å². The Morgan fingerprint density at radius 3 is 3.00 bits per heavy atom. The van der Waals surface area contributed by atoms with Gasteiger partial charge in [0.15, 0.2) is 0 Å². The summed E-state index contributed by atoms with van der Waals surface area (Å²) < 4.78 is 13.9. The van der Waals surface area contributed by atoms with E-state index in [-0.39, 0.29) is 18.5 Å². The van der Waals surface area contributed by atoms with Gasteiger partial charge >= 0.3 is 0 Å². The fourth-order valence-corrected chi connectivity index (χ4v) is 3.10. The number of nitrogens with zero attached hydrogens (tertiary/aromatic N) is 1. The predicted octanol–water partition coefficient (Wildman–Crippen LogP) is 1.10. The fourth-order valence-electron chi connectivity index (χ4n) is 3.10. The average molecular weight is 303 g/mol. The normalized spacial score (nSPS) is 22.8. The van der Waals surface area contributed by atoms with Crippen molar-refractivity contribution in [3.8, 4) is 0 Å². The molecule has 0 fully saturated rings. The zero-order chi connectivity index (χ0) is 15.9. The van der Waals surface area contributed by atoms with E-state index >= 15 is 0 Å². The minimum absolute atomic E-state index is 0.119. The predicted molar refractivity (Wildman–Crippen MR) is 82.4 cm³/mol. The maximum absolute atomic E-state index is 13.9. The first-order valence-electron chi connectivity index (χ1n) is 7.10. The van der Waals surface area contributed by atoms with Gasteiger partial charge in [0.25, 0.3) is 0 Å². The SMILES string of the molecule is CN1CC(C(N)=O)C=C(c2cc(F)cc3cc[nH]c23)C1CO. The molecule has 1 amide bonds. The van der Waals surface area contributed by atoms with Crippen molar-refractivity contribution in [3.63, 3.8) is 0 Å². The number of carbonyl (C=O) groups is 1. The first-order valence-corrected chi connectivity index (χ1v) is 7.10.